The molecule has 0 amide bonds. The van der Waals surface area contributed by atoms with Gasteiger partial charge in [-0.2, -0.15) is 8.42 Å². The smallest absolute Gasteiger partial charge is 0.872 e. The Balaban J connectivity index is 0.00000225. The van der Waals surface area contributed by atoms with Gasteiger partial charge in [-0.25, -0.2) is 4.79 Å². The van der Waals surface area contributed by atoms with Crippen LogP contribution in [-0.2, 0) is 10.1 Å². The van der Waals surface area contributed by atoms with Gasteiger partial charge in [-0.3, -0.25) is 4.55 Å². The number of nitrogen functional groups attached to an aromatic ring is 1. The van der Waals surface area contributed by atoms with Gasteiger partial charge in [0.15, 0.2) is 0 Å². The number of rotatable bonds is 2. The van der Waals surface area contributed by atoms with E-state index in [4.69, 9.17) is 15.4 Å². The molecule has 0 saturated heterocycles. The minimum absolute atomic E-state index is 0. The molecule has 0 aliphatic rings. The van der Waals surface area contributed by atoms with Crippen molar-refractivity contribution >= 4 is 21.8 Å². The standard InChI is InChI=1S/C7H7NO6S.K/c8-3-1-2-4(9)5(7(10)11)6(3)15(12,13)14;/h1-2,9H,8H2,(H,10,11)(H,12,13,14);/q;+1/p-1. The summed E-state index contributed by atoms with van der Waals surface area (Å²) in [6, 6.07) is 1.73. The molecular formula is C7H6KNO6S. The molecule has 0 heterocycles. The molecule has 0 saturated carbocycles. The van der Waals surface area contributed by atoms with E-state index in [2.05, 4.69) is 0 Å². The van der Waals surface area contributed by atoms with Gasteiger partial charge < -0.3 is 15.9 Å². The summed E-state index contributed by atoms with van der Waals surface area (Å²) in [6.07, 6.45) is 0. The van der Waals surface area contributed by atoms with Gasteiger partial charge in [0.05, 0.1) is 11.3 Å². The third kappa shape index (κ3) is 3.17. The van der Waals surface area contributed by atoms with Crippen molar-refractivity contribution in [2.24, 2.45) is 0 Å². The zero-order chi connectivity index (χ0) is 11.8. The van der Waals surface area contributed by atoms with E-state index in [-0.39, 0.29) is 51.4 Å². The first kappa shape index (κ1) is 15.8. The van der Waals surface area contributed by atoms with Gasteiger partial charge in [0.1, 0.15) is 4.90 Å². The monoisotopic (exact) mass is 271 g/mol. The number of benzene rings is 1. The van der Waals surface area contributed by atoms with Crippen LogP contribution in [0.2, 0.25) is 0 Å². The minimum atomic E-state index is -4.84. The molecule has 82 valence electrons. The van der Waals surface area contributed by atoms with Gasteiger partial charge in [-0.15, -0.1) is 0 Å². The van der Waals surface area contributed by atoms with Gasteiger partial charge in [-0.1, -0.05) is 11.8 Å². The third-order valence-corrected chi connectivity index (χ3v) is 2.58. The van der Waals surface area contributed by atoms with Crippen LogP contribution >= 0.6 is 0 Å². The average Bonchev–Trinajstić information content (AvgIpc) is 2.05. The first-order valence-corrected chi connectivity index (χ1v) is 4.99. The minimum Gasteiger partial charge on any atom is -0.872 e. The summed E-state index contributed by atoms with van der Waals surface area (Å²) in [5.41, 5.74) is 3.62. The van der Waals surface area contributed by atoms with E-state index in [1.165, 1.54) is 0 Å². The maximum Gasteiger partial charge on any atom is 1.00 e. The number of carboxylic acid groups (broad SMARTS) is 1. The Morgan fingerprint density at radius 3 is 2.19 bits per heavy atom. The van der Waals surface area contributed by atoms with Crippen LogP contribution in [0, 0.1) is 0 Å². The summed E-state index contributed by atoms with van der Waals surface area (Å²) in [7, 11) is -4.84. The summed E-state index contributed by atoms with van der Waals surface area (Å²) >= 11 is 0. The Morgan fingerprint density at radius 2 is 1.88 bits per heavy atom. The van der Waals surface area contributed by atoms with E-state index < -0.39 is 38.0 Å². The number of hydrogen-bond donors (Lipinski definition) is 3. The van der Waals surface area contributed by atoms with Gasteiger partial charge in [-0.05, 0) is 6.07 Å². The molecule has 0 spiro atoms. The summed E-state index contributed by atoms with van der Waals surface area (Å²) in [5, 5.41) is 19.7. The van der Waals surface area contributed by atoms with Crippen LogP contribution in [0.5, 0.6) is 5.75 Å². The molecule has 0 aromatic heterocycles. The Labute approximate surface area is 133 Å². The van der Waals surface area contributed by atoms with Gasteiger partial charge in [0.25, 0.3) is 10.1 Å². The van der Waals surface area contributed by atoms with E-state index in [9.17, 15) is 18.3 Å². The summed E-state index contributed by atoms with van der Waals surface area (Å²) < 4.78 is 30.3. The van der Waals surface area contributed by atoms with E-state index in [1.54, 1.807) is 0 Å². The molecule has 4 N–H and O–H groups in total. The van der Waals surface area contributed by atoms with Crippen LogP contribution in [0.15, 0.2) is 17.0 Å². The molecule has 0 radical (unpaired) electrons. The molecule has 0 atom stereocenters. The van der Waals surface area contributed by atoms with Gasteiger partial charge in [0, 0.05) is 0 Å². The van der Waals surface area contributed by atoms with E-state index >= 15 is 0 Å². The second-order valence-corrected chi connectivity index (χ2v) is 4.00. The summed E-state index contributed by atoms with van der Waals surface area (Å²) in [6.45, 7) is 0. The number of hydrogen-bond acceptors (Lipinski definition) is 5. The fourth-order valence-electron chi connectivity index (χ4n) is 1.06. The molecule has 7 nitrogen and oxygen atoms in total. The Bertz CT molecular complexity index is 526. The number of anilines is 1. The number of nitrogens with two attached hydrogens (primary N) is 1. The molecule has 0 unspecified atom stereocenters. The van der Waals surface area contributed by atoms with Crippen LogP contribution < -0.4 is 62.2 Å². The molecule has 1 rings (SSSR count). The summed E-state index contributed by atoms with van der Waals surface area (Å²) in [4.78, 5) is 9.54. The first-order valence-electron chi connectivity index (χ1n) is 3.55. The molecule has 0 fully saturated rings. The van der Waals surface area contributed by atoms with Crippen molar-refractivity contribution in [3.05, 3.63) is 17.7 Å². The Kier molecular flexibility index (Phi) is 5.39. The number of carboxylic acids is 1. The molecule has 0 aliphatic heterocycles. The van der Waals surface area contributed by atoms with E-state index in [0.29, 0.717) is 0 Å². The van der Waals surface area contributed by atoms with Gasteiger partial charge >= 0.3 is 57.4 Å². The molecule has 0 aliphatic carbocycles. The second-order valence-electron chi connectivity index (χ2n) is 2.64. The van der Waals surface area contributed by atoms with Crippen molar-refractivity contribution in [3.63, 3.8) is 0 Å². The molecule has 0 bridgehead atoms. The maximum atomic E-state index is 11.1. The zero-order valence-electron chi connectivity index (χ0n) is 8.17. The maximum absolute atomic E-state index is 11.1. The largest absolute Gasteiger partial charge is 1.00 e. The van der Waals surface area contributed by atoms with Crippen molar-refractivity contribution in [1.29, 1.82) is 0 Å². The van der Waals surface area contributed by atoms with Gasteiger partial charge in [0.2, 0.25) is 0 Å². The fraction of sp³-hybridized carbons (Fsp3) is 0. The van der Waals surface area contributed by atoms with Crippen molar-refractivity contribution in [2.75, 3.05) is 5.73 Å². The first-order chi connectivity index (χ1) is 6.75. The second kappa shape index (κ2) is 5.45. The quantitative estimate of drug-likeness (QED) is 0.285. The Hall–Kier alpha value is -0.164. The molecule has 1 aromatic rings. The van der Waals surface area contributed by atoms with Crippen molar-refractivity contribution < 1.29 is 79.4 Å². The van der Waals surface area contributed by atoms with Crippen LogP contribution in [0.3, 0.4) is 0 Å². The van der Waals surface area contributed by atoms with Crippen molar-refractivity contribution in [1.82, 2.24) is 0 Å². The third-order valence-electron chi connectivity index (χ3n) is 1.62. The van der Waals surface area contributed by atoms with Crippen LogP contribution in [0.1, 0.15) is 10.4 Å². The van der Waals surface area contributed by atoms with Crippen LogP contribution in [-0.4, -0.2) is 24.0 Å². The molecule has 1 aromatic carbocycles. The molecule has 9 heteroatoms. The molecular weight excluding hydrogens is 265 g/mol. The normalized spacial score (nSPS) is 10.6. The average molecular weight is 271 g/mol. The van der Waals surface area contributed by atoms with E-state index in [1.807, 2.05) is 0 Å². The van der Waals surface area contributed by atoms with Crippen LogP contribution in [0.4, 0.5) is 5.69 Å². The zero-order valence-corrected chi connectivity index (χ0v) is 12.1. The van der Waals surface area contributed by atoms with E-state index in [0.717, 1.165) is 12.1 Å². The predicted molar refractivity (Wildman–Crippen MR) is 47.1 cm³/mol. The summed E-state index contributed by atoms with van der Waals surface area (Å²) in [5.74, 6) is -2.80. The van der Waals surface area contributed by atoms with Crippen molar-refractivity contribution in [3.8, 4) is 5.75 Å². The predicted octanol–water partition coefficient (Wildman–Crippen LogP) is -3.71. The topological polar surface area (TPSA) is 141 Å². The fourth-order valence-corrected chi connectivity index (χ4v) is 1.87. The number of aromatic carboxylic acids is 1. The Morgan fingerprint density at radius 1 is 1.38 bits per heavy atom. The molecule has 16 heavy (non-hydrogen) atoms. The number of carbonyl (C=O) groups is 1. The SMILES string of the molecule is Nc1ccc([O-])c(C(=O)O)c1S(=O)(=O)O.[K+]. The van der Waals surface area contributed by atoms with Crippen molar-refractivity contribution in [2.45, 2.75) is 4.90 Å². The van der Waals surface area contributed by atoms with Crippen LogP contribution in [0.25, 0.3) is 0 Å².